The third kappa shape index (κ3) is 2.64. The van der Waals surface area contributed by atoms with Gasteiger partial charge in [0.05, 0.1) is 5.56 Å². The second kappa shape index (κ2) is 5.39. The Balaban J connectivity index is 2.11. The van der Waals surface area contributed by atoms with Gasteiger partial charge in [-0.1, -0.05) is 0 Å². The molecule has 2 rings (SSSR count). The average Bonchev–Trinajstić information content (AvgIpc) is 2.37. The Bertz CT molecular complexity index is 459. The largest absolute Gasteiger partial charge is 0.349 e. The minimum atomic E-state index is -1.62. The lowest BCUT2D eigenvalue weighted by Gasteiger charge is -2.23. The predicted molar refractivity (Wildman–Crippen MR) is 59.7 cm³/mol. The molecule has 98 valence electrons. The molecule has 3 nitrogen and oxygen atoms in total. The summed E-state index contributed by atoms with van der Waals surface area (Å²) in [5.41, 5.74) is -0.465. The standard InChI is InChI=1S/C12H13F3N2O/c13-9-2-1-8(10(14)11(9)15)12(18)17-7-3-5-16-6-4-7/h1-2,7,16H,3-6H2,(H,17,18). The first-order valence-corrected chi connectivity index (χ1v) is 5.74. The zero-order valence-electron chi connectivity index (χ0n) is 9.60. The number of hydrogen-bond donors (Lipinski definition) is 2. The van der Waals surface area contributed by atoms with Gasteiger partial charge in [0.25, 0.3) is 5.91 Å². The molecule has 0 aromatic heterocycles. The average molecular weight is 258 g/mol. The Labute approximate surface area is 102 Å². The molecule has 1 aromatic rings. The number of hydrogen-bond acceptors (Lipinski definition) is 2. The highest BCUT2D eigenvalue weighted by Crippen LogP contribution is 2.15. The van der Waals surface area contributed by atoms with Gasteiger partial charge in [0.1, 0.15) is 0 Å². The number of piperidine rings is 1. The van der Waals surface area contributed by atoms with E-state index in [2.05, 4.69) is 10.6 Å². The molecule has 18 heavy (non-hydrogen) atoms. The van der Waals surface area contributed by atoms with Crippen LogP contribution in [0.4, 0.5) is 13.2 Å². The molecule has 1 fully saturated rings. The van der Waals surface area contributed by atoms with E-state index >= 15 is 0 Å². The van der Waals surface area contributed by atoms with Crippen molar-refractivity contribution in [3.63, 3.8) is 0 Å². The van der Waals surface area contributed by atoms with Crippen LogP contribution in [0.3, 0.4) is 0 Å². The molecule has 1 amide bonds. The highest BCUT2D eigenvalue weighted by molar-refractivity contribution is 5.94. The fourth-order valence-electron chi connectivity index (χ4n) is 1.93. The molecule has 2 N–H and O–H groups in total. The Hall–Kier alpha value is -1.56. The molecule has 1 aliphatic rings. The van der Waals surface area contributed by atoms with Gasteiger partial charge in [-0.15, -0.1) is 0 Å². The number of halogens is 3. The van der Waals surface area contributed by atoms with Crippen molar-refractivity contribution in [2.45, 2.75) is 18.9 Å². The minimum absolute atomic E-state index is 0.0636. The molecule has 1 saturated heterocycles. The highest BCUT2D eigenvalue weighted by atomic mass is 19.2. The third-order valence-electron chi connectivity index (χ3n) is 2.95. The molecule has 1 heterocycles. The normalized spacial score (nSPS) is 16.6. The molecule has 0 radical (unpaired) electrons. The van der Waals surface area contributed by atoms with Crippen LogP contribution in [0.25, 0.3) is 0 Å². The number of nitrogens with one attached hydrogen (secondary N) is 2. The summed E-state index contributed by atoms with van der Waals surface area (Å²) >= 11 is 0. The van der Waals surface area contributed by atoms with Crippen LogP contribution < -0.4 is 10.6 Å². The van der Waals surface area contributed by atoms with Crippen LogP contribution in [0.5, 0.6) is 0 Å². The summed E-state index contributed by atoms with van der Waals surface area (Å²) in [6.07, 6.45) is 1.47. The van der Waals surface area contributed by atoms with Crippen LogP contribution in [0.15, 0.2) is 12.1 Å². The van der Waals surface area contributed by atoms with Gasteiger partial charge in [0, 0.05) is 6.04 Å². The van der Waals surface area contributed by atoms with Crippen molar-refractivity contribution >= 4 is 5.91 Å². The number of amides is 1. The van der Waals surface area contributed by atoms with Gasteiger partial charge in [0.2, 0.25) is 0 Å². The summed E-state index contributed by atoms with van der Waals surface area (Å²) < 4.78 is 39.1. The van der Waals surface area contributed by atoms with Crippen molar-refractivity contribution in [2.75, 3.05) is 13.1 Å². The monoisotopic (exact) mass is 258 g/mol. The second-order valence-corrected chi connectivity index (χ2v) is 4.22. The maximum absolute atomic E-state index is 13.4. The van der Waals surface area contributed by atoms with E-state index in [0.29, 0.717) is 0 Å². The summed E-state index contributed by atoms with van der Waals surface area (Å²) in [6, 6.07) is 1.63. The predicted octanol–water partition coefficient (Wildman–Crippen LogP) is 1.59. The van der Waals surface area contributed by atoms with Crippen LogP contribution in [0.1, 0.15) is 23.2 Å². The summed E-state index contributed by atoms with van der Waals surface area (Å²) in [5, 5.41) is 5.74. The summed E-state index contributed by atoms with van der Waals surface area (Å²) in [5.74, 6) is -5.07. The number of carbonyl (C=O) groups is 1. The first-order valence-electron chi connectivity index (χ1n) is 5.74. The second-order valence-electron chi connectivity index (χ2n) is 4.22. The van der Waals surface area contributed by atoms with E-state index in [0.717, 1.165) is 38.1 Å². The van der Waals surface area contributed by atoms with Crippen LogP contribution in [-0.2, 0) is 0 Å². The van der Waals surface area contributed by atoms with Crippen molar-refractivity contribution in [1.82, 2.24) is 10.6 Å². The van der Waals surface area contributed by atoms with Gasteiger partial charge in [-0.2, -0.15) is 0 Å². The van der Waals surface area contributed by atoms with Gasteiger partial charge in [-0.05, 0) is 38.1 Å². The lowest BCUT2D eigenvalue weighted by molar-refractivity contribution is 0.0924. The van der Waals surface area contributed by atoms with E-state index in [4.69, 9.17) is 0 Å². The van der Waals surface area contributed by atoms with Crippen LogP contribution >= 0.6 is 0 Å². The fraction of sp³-hybridized carbons (Fsp3) is 0.417. The van der Waals surface area contributed by atoms with Crippen LogP contribution in [0, 0.1) is 17.5 Å². The number of benzene rings is 1. The van der Waals surface area contributed by atoms with E-state index in [-0.39, 0.29) is 6.04 Å². The maximum atomic E-state index is 13.4. The first kappa shape index (κ1) is 12.9. The van der Waals surface area contributed by atoms with Crippen LogP contribution in [-0.4, -0.2) is 25.0 Å². The highest BCUT2D eigenvalue weighted by Gasteiger charge is 2.21. The van der Waals surface area contributed by atoms with Gasteiger partial charge < -0.3 is 10.6 Å². The van der Waals surface area contributed by atoms with Gasteiger partial charge in [-0.25, -0.2) is 13.2 Å². The Morgan fingerprint density at radius 1 is 1.17 bits per heavy atom. The summed E-state index contributed by atoms with van der Waals surface area (Å²) in [4.78, 5) is 11.7. The van der Waals surface area contributed by atoms with Crippen molar-refractivity contribution in [2.24, 2.45) is 0 Å². The third-order valence-corrected chi connectivity index (χ3v) is 2.95. The van der Waals surface area contributed by atoms with Gasteiger partial charge in [0.15, 0.2) is 17.5 Å². The molecule has 0 atom stereocenters. The lowest BCUT2D eigenvalue weighted by atomic mass is 10.1. The van der Waals surface area contributed by atoms with E-state index < -0.39 is 28.9 Å². The summed E-state index contributed by atoms with van der Waals surface area (Å²) in [7, 11) is 0. The van der Waals surface area contributed by atoms with Crippen molar-refractivity contribution in [1.29, 1.82) is 0 Å². The molecule has 0 aliphatic carbocycles. The van der Waals surface area contributed by atoms with Crippen molar-refractivity contribution in [3.05, 3.63) is 35.1 Å². The SMILES string of the molecule is O=C(NC1CCNCC1)c1ccc(F)c(F)c1F. The number of rotatable bonds is 2. The molecule has 0 spiro atoms. The smallest absolute Gasteiger partial charge is 0.254 e. The Kier molecular flexibility index (Phi) is 3.86. The van der Waals surface area contributed by atoms with Crippen LogP contribution in [0.2, 0.25) is 0 Å². The molecule has 1 aromatic carbocycles. The summed E-state index contributed by atoms with van der Waals surface area (Å²) in [6.45, 7) is 1.54. The minimum Gasteiger partial charge on any atom is -0.349 e. The first-order chi connectivity index (χ1) is 8.59. The molecular weight excluding hydrogens is 245 g/mol. The van der Waals surface area contributed by atoms with E-state index in [1.807, 2.05) is 0 Å². The lowest BCUT2D eigenvalue weighted by Crippen LogP contribution is -2.43. The van der Waals surface area contributed by atoms with E-state index in [9.17, 15) is 18.0 Å². The zero-order valence-corrected chi connectivity index (χ0v) is 9.60. The van der Waals surface area contributed by atoms with E-state index in [1.165, 1.54) is 0 Å². The number of carbonyl (C=O) groups excluding carboxylic acids is 1. The zero-order chi connectivity index (χ0) is 13.1. The molecule has 0 saturated carbocycles. The van der Waals surface area contributed by atoms with Crippen molar-refractivity contribution in [3.8, 4) is 0 Å². The maximum Gasteiger partial charge on any atom is 0.254 e. The Morgan fingerprint density at radius 3 is 2.50 bits per heavy atom. The van der Waals surface area contributed by atoms with Gasteiger partial charge in [-0.3, -0.25) is 4.79 Å². The van der Waals surface area contributed by atoms with Gasteiger partial charge >= 0.3 is 0 Å². The quantitative estimate of drug-likeness (QED) is 0.791. The molecular formula is C12H13F3N2O. The topological polar surface area (TPSA) is 41.1 Å². The fourth-order valence-corrected chi connectivity index (χ4v) is 1.93. The van der Waals surface area contributed by atoms with Crippen molar-refractivity contribution < 1.29 is 18.0 Å². The molecule has 1 aliphatic heterocycles. The molecule has 0 unspecified atom stereocenters. The van der Waals surface area contributed by atoms with E-state index in [1.54, 1.807) is 0 Å². The molecule has 0 bridgehead atoms. The molecule has 6 heteroatoms. The Morgan fingerprint density at radius 2 is 1.83 bits per heavy atom.